The van der Waals surface area contributed by atoms with Crippen LogP contribution in [-0.4, -0.2) is 47.8 Å². The maximum absolute atomic E-state index is 12.7. The topological polar surface area (TPSA) is 95.8 Å². The molecule has 1 heterocycles. The monoisotopic (exact) mass is 504 g/mol. The molecule has 0 aromatic heterocycles. The van der Waals surface area contributed by atoms with Gasteiger partial charge in [-0.1, -0.05) is 35.4 Å². The molecule has 0 bridgehead atoms. The largest absolute Gasteiger partial charge is 0.368 e. The lowest BCUT2D eigenvalue weighted by atomic mass is 10.1. The standard InChI is InChI=1S/C27H25ClN4O4/c1-19-2-6-21(7-3-19)27(34)31-16-14-30(15-17-31)23-10-8-22(9-11-23)29-26(33)13-5-20-4-12-24(28)25(18-20)32(35)36/h2-13,18H,14-17H2,1H3,(H,29,33). The molecule has 0 atom stereocenters. The molecule has 8 nitrogen and oxygen atoms in total. The third-order valence-electron chi connectivity index (χ3n) is 5.96. The van der Waals surface area contributed by atoms with Crippen molar-refractivity contribution in [3.05, 3.63) is 105 Å². The van der Waals surface area contributed by atoms with Crippen LogP contribution in [0.1, 0.15) is 21.5 Å². The minimum Gasteiger partial charge on any atom is -0.368 e. The maximum atomic E-state index is 12.7. The van der Waals surface area contributed by atoms with E-state index in [-0.39, 0.29) is 22.5 Å². The Bertz CT molecular complexity index is 1300. The number of nitro groups is 1. The van der Waals surface area contributed by atoms with Crippen LogP contribution in [0.3, 0.4) is 0 Å². The fourth-order valence-corrected chi connectivity index (χ4v) is 4.12. The summed E-state index contributed by atoms with van der Waals surface area (Å²) in [5.74, 6) is -0.308. The van der Waals surface area contributed by atoms with Gasteiger partial charge >= 0.3 is 0 Å². The summed E-state index contributed by atoms with van der Waals surface area (Å²) in [6.07, 6.45) is 2.80. The van der Waals surface area contributed by atoms with Crippen LogP contribution in [0.4, 0.5) is 17.1 Å². The van der Waals surface area contributed by atoms with E-state index in [1.807, 2.05) is 60.4 Å². The molecule has 9 heteroatoms. The van der Waals surface area contributed by atoms with Crippen molar-refractivity contribution in [1.29, 1.82) is 0 Å². The van der Waals surface area contributed by atoms with Crippen molar-refractivity contribution in [3.8, 4) is 0 Å². The summed E-state index contributed by atoms with van der Waals surface area (Å²) < 4.78 is 0. The second-order valence-electron chi connectivity index (χ2n) is 8.48. The van der Waals surface area contributed by atoms with Gasteiger partial charge in [-0.05, 0) is 61.0 Å². The average molecular weight is 505 g/mol. The Hall–Kier alpha value is -4.17. The van der Waals surface area contributed by atoms with E-state index in [2.05, 4.69) is 10.2 Å². The van der Waals surface area contributed by atoms with Crippen LogP contribution in [0.15, 0.2) is 72.8 Å². The van der Waals surface area contributed by atoms with Gasteiger partial charge in [0.05, 0.1) is 4.92 Å². The van der Waals surface area contributed by atoms with E-state index in [1.54, 1.807) is 6.07 Å². The summed E-state index contributed by atoms with van der Waals surface area (Å²) in [7, 11) is 0. The van der Waals surface area contributed by atoms with Crippen molar-refractivity contribution in [2.24, 2.45) is 0 Å². The van der Waals surface area contributed by atoms with Crippen LogP contribution in [0.25, 0.3) is 6.08 Å². The Morgan fingerprint density at radius 3 is 2.28 bits per heavy atom. The number of nitrogens with zero attached hydrogens (tertiary/aromatic N) is 3. The number of halogens is 1. The van der Waals surface area contributed by atoms with E-state index in [0.29, 0.717) is 29.9 Å². The number of rotatable bonds is 6. The number of nitro benzene ring substituents is 1. The molecule has 1 saturated heterocycles. The van der Waals surface area contributed by atoms with E-state index in [1.165, 1.54) is 24.3 Å². The summed E-state index contributed by atoms with van der Waals surface area (Å²) in [6, 6.07) is 19.5. The first kappa shape index (κ1) is 24.9. The fraction of sp³-hybridized carbons (Fsp3) is 0.185. The third-order valence-corrected chi connectivity index (χ3v) is 6.28. The summed E-state index contributed by atoms with van der Waals surface area (Å²) in [5.41, 5.74) is 3.76. The molecule has 3 aromatic rings. The van der Waals surface area contributed by atoms with E-state index >= 15 is 0 Å². The lowest BCUT2D eigenvalue weighted by Gasteiger charge is -2.36. The molecular formula is C27H25ClN4O4. The lowest BCUT2D eigenvalue weighted by Crippen LogP contribution is -2.48. The minimum absolute atomic E-state index is 0.0426. The van der Waals surface area contributed by atoms with Crippen molar-refractivity contribution >= 4 is 46.6 Å². The number of benzene rings is 3. The molecule has 0 radical (unpaired) electrons. The van der Waals surface area contributed by atoms with Gasteiger partial charge in [0.2, 0.25) is 5.91 Å². The Balaban J connectivity index is 1.30. The van der Waals surface area contributed by atoms with Crippen LogP contribution >= 0.6 is 11.6 Å². The highest BCUT2D eigenvalue weighted by atomic mass is 35.5. The Morgan fingerprint density at radius 2 is 1.64 bits per heavy atom. The molecule has 4 rings (SSSR count). The summed E-state index contributed by atoms with van der Waals surface area (Å²) >= 11 is 5.82. The van der Waals surface area contributed by atoms with Crippen LogP contribution in [0.5, 0.6) is 0 Å². The molecule has 1 aliphatic rings. The van der Waals surface area contributed by atoms with Crippen molar-refractivity contribution in [2.45, 2.75) is 6.92 Å². The Morgan fingerprint density at radius 1 is 0.972 bits per heavy atom. The first-order chi connectivity index (χ1) is 17.3. The number of anilines is 2. The highest BCUT2D eigenvalue weighted by Gasteiger charge is 2.22. The first-order valence-electron chi connectivity index (χ1n) is 11.4. The highest BCUT2D eigenvalue weighted by molar-refractivity contribution is 6.32. The van der Waals surface area contributed by atoms with Gasteiger partial charge in [0, 0.05) is 55.3 Å². The third kappa shape index (κ3) is 6.09. The molecule has 1 N–H and O–H groups in total. The zero-order chi connectivity index (χ0) is 25.7. The number of hydrogen-bond donors (Lipinski definition) is 1. The molecule has 184 valence electrons. The molecule has 0 spiro atoms. The molecule has 2 amide bonds. The van der Waals surface area contributed by atoms with Gasteiger partial charge in [-0.3, -0.25) is 19.7 Å². The fourth-order valence-electron chi connectivity index (χ4n) is 3.93. The van der Waals surface area contributed by atoms with Crippen LogP contribution < -0.4 is 10.2 Å². The van der Waals surface area contributed by atoms with Crippen molar-refractivity contribution in [2.75, 3.05) is 36.4 Å². The second-order valence-corrected chi connectivity index (χ2v) is 8.89. The zero-order valence-corrected chi connectivity index (χ0v) is 20.4. The van der Waals surface area contributed by atoms with Crippen molar-refractivity contribution < 1.29 is 14.5 Å². The van der Waals surface area contributed by atoms with Crippen LogP contribution in [-0.2, 0) is 4.79 Å². The Labute approximate surface area is 213 Å². The summed E-state index contributed by atoms with van der Waals surface area (Å²) in [6.45, 7) is 4.72. The quantitative estimate of drug-likeness (QED) is 0.284. The number of piperazine rings is 1. The first-order valence-corrected chi connectivity index (χ1v) is 11.8. The van der Waals surface area contributed by atoms with Gasteiger partial charge in [0.15, 0.2) is 0 Å². The molecule has 1 fully saturated rings. The normalized spacial score (nSPS) is 13.6. The summed E-state index contributed by atoms with van der Waals surface area (Å²) in [5, 5.41) is 13.8. The van der Waals surface area contributed by atoms with E-state index in [0.717, 1.165) is 24.3 Å². The van der Waals surface area contributed by atoms with Crippen molar-refractivity contribution in [3.63, 3.8) is 0 Å². The number of carbonyl (C=O) groups is 2. The molecule has 1 aliphatic heterocycles. The van der Waals surface area contributed by atoms with Gasteiger partial charge in [-0.2, -0.15) is 0 Å². The molecule has 0 saturated carbocycles. The number of amides is 2. The van der Waals surface area contributed by atoms with Gasteiger partial charge in [-0.25, -0.2) is 0 Å². The van der Waals surface area contributed by atoms with Gasteiger partial charge in [-0.15, -0.1) is 0 Å². The number of aryl methyl sites for hydroxylation is 1. The summed E-state index contributed by atoms with van der Waals surface area (Å²) in [4.78, 5) is 39.5. The van der Waals surface area contributed by atoms with E-state index in [9.17, 15) is 19.7 Å². The predicted octanol–water partition coefficient (Wildman–Crippen LogP) is 5.17. The van der Waals surface area contributed by atoms with E-state index in [4.69, 9.17) is 11.6 Å². The zero-order valence-electron chi connectivity index (χ0n) is 19.7. The average Bonchev–Trinajstić information content (AvgIpc) is 2.88. The molecule has 3 aromatic carbocycles. The van der Waals surface area contributed by atoms with Crippen LogP contribution in [0.2, 0.25) is 5.02 Å². The highest BCUT2D eigenvalue weighted by Crippen LogP contribution is 2.26. The Kier molecular flexibility index (Phi) is 7.65. The maximum Gasteiger partial charge on any atom is 0.288 e. The van der Waals surface area contributed by atoms with Gasteiger partial charge in [0.1, 0.15) is 5.02 Å². The van der Waals surface area contributed by atoms with Gasteiger partial charge in [0.25, 0.3) is 11.6 Å². The SMILES string of the molecule is Cc1ccc(C(=O)N2CCN(c3ccc(NC(=O)C=Cc4ccc(Cl)c([N+](=O)[O-])c4)cc3)CC2)cc1. The molecule has 36 heavy (non-hydrogen) atoms. The number of hydrogen-bond acceptors (Lipinski definition) is 5. The van der Waals surface area contributed by atoms with E-state index < -0.39 is 4.92 Å². The molecule has 0 aliphatic carbocycles. The molecular weight excluding hydrogens is 480 g/mol. The molecule has 0 unspecified atom stereocenters. The minimum atomic E-state index is -0.566. The smallest absolute Gasteiger partial charge is 0.288 e. The van der Waals surface area contributed by atoms with Crippen molar-refractivity contribution in [1.82, 2.24) is 4.90 Å². The lowest BCUT2D eigenvalue weighted by molar-refractivity contribution is -0.384. The predicted molar refractivity (Wildman–Crippen MR) is 142 cm³/mol. The number of nitrogens with one attached hydrogen (secondary N) is 1. The van der Waals surface area contributed by atoms with Gasteiger partial charge < -0.3 is 15.1 Å². The van der Waals surface area contributed by atoms with Crippen LogP contribution in [0, 0.1) is 17.0 Å². The number of carbonyl (C=O) groups excluding carboxylic acids is 2. The second kappa shape index (κ2) is 11.0.